The summed E-state index contributed by atoms with van der Waals surface area (Å²) in [6, 6.07) is 21.0. The number of hydrogen-bond donors (Lipinski definition) is 0. The molecule has 0 aliphatic carbocycles. The quantitative estimate of drug-likeness (QED) is 0.145. The fourth-order valence-electron chi connectivity index (χ4n) is 2.82. The Kier molecular flexibility index (Phi) is 10.2. The topological polar surface area (TPSA) is 18.9 Å². The van der Waals surface area contributed by atoms with Crippen LogP contribution in [-0.2, 0) is 13.1 Å². The van der Waals surface area contributed by atoms with E-state index in [9.17, 15) is 0 Å². The summed E-state index contributed by atoms with van der Waals surface area (Å²) in [4.78, 5) is 4.80. The molecule has 0 bridgehead atoms. The van der Waals surface area contributed by atoms with Gasteiger partial charge in [0, 0.05) is 14.1 Å². The Hall–Kier alpha value is -1.65. The average molecular weight is 537 g/mol. The fourth-order valence-corrected chi connectivity index (χ4v) is 3.29. The van der Waals surface area contributed by atoms with Crippen molar-refractivity contribution < 1.29 is 22.3 Å². The van der Waals surface area contributed by atoms with E-state index in [0.717, 1.165) is 34.2 Å². The third-order valence-electron chi connectivity index (χ3n) is 4.59. The molecule has 8 heteroatoms. The minimum atomic E-state index is 0.194. The number of halogens is 4. The van der Waals surface area contributed by atoms with E-state index < -0.39 is 0 Å². The monoisotopic (exact) mass is 535 g/mol. The first-order chi connectivity index (χ1) is 14.8. The van der Waals surface area contributed by atoms with Gasteiger partial charge in [0.2, 0.25) is 0 Å². The molecule has 0 saturated heterocycles. The van der Waals surface area contributed by atoms with E-state index in [0.29, 0.717) is 10.0 Å². The molecule has 1 heterocycles. The second-order valence-corrected chi connectivity index (χ2v) is 9.03. The standard InChI is InChI=1S/C23H21Cl2N3.2ClH.Fe/c1-16(27(3)22-14-7-5-10-18(22)24)20-12-9-13-21(26-20)17(2)28(4)23-15-8-6-11-19(23)25;;;/h5-15H,3-4H2,1-2H3;2*1H;/q;;;+2/p-2. The van der Waals surface area contributed by atoms with E-state index in [1.165, 1.54) is 0 Å². The van der Waals surface area contributed by atoms with Gasteiger partial charge in [-0.3, -0.25) is 4.98 Å². The van der Waals surface area contributed by atoms with Crippen LogP contribution in [0.15, 0.2) is 66.7 Å². The van der Waals surface area contributed by atoms with Gasteiger partial charge >= 0.3 is 33.3 Å². The molecule has 0 N–H and O–H groups in total. The van der Waals surface area contributed by atoms with Crippen LogP contribution in [0, 0.1) is 14.1 Å². The summed E-state index contributed by atoms with van der Waals surface area (Å²) < 4.78 is 3.58. The Morgan fingerprint density at radius 1 is 0.710 bits per heavy atom. The molecular formula is C23H21Cl4FeN3. The molecule has 3 nitrogen and oxygen atoms in total. The number of para-hydroxylation sites is 2. The fraction of sp³-hybridized carbons (Fsp3) is 0.0870. The molecule has 0 saturated carbocycles. The Bertz CT molecular complexity index is 1030. The van der Waals surface area contributed by atoms with Crippen molar-refractivity contribution in [2.24, 2.45) is 0 Å². The van der Waals surface area contributed by atoms with E-state index in [-0.39, 0.29) is 13.1 Å². The number of rotatable bonds is 4. The van der Waals surface area contributed by atoms with Crippen molar-refractivity contribution in [3.8, 4) is 0 Å². The normalized spacial score (nSPS) is 12.5. The molecule has 0 radical (unpaired) electrons. The SMILES string of the molecule is [CH2-][N+](=C(C)c1cccc(C(C)=[N+]([CH2-])c2ccccc2Cl)n1)c1ccccc1Cl.[Cl][Fe][Cl]. The van der Waals surface area contributed by atoms with Crippen LogP contribution < -0.4 is 0 Å². The van der Waals surface area contributed by atoms with Gasteiger partial charge in [0.05, 0.1) is 21.4 Å². The van der Waals surface area contributed by atoms with Crippen LogP contribution in [-0.4, -0.2) is 25.6 Å². The molecule has 0 atom stereocenters. The first-order valence-corrected chi connectivity index (χ1v) is 12.8. The molecule has 0 spiro atoms. The Balaban J connectivity index is 0.00000107. The van der Waals surface area contributed by atoms with Crippen LogP contribution in [0.25, 0.3) is 0 Å². The molecule has 164 valence electrons. The second-order valence-electron chi connectivity index (χ2n) is 6.39. The summed E-state index contributed by atoms with van der Waals surface area (Å²) >= 11 is 12.8. The maximum atomic E-state index is 6.31. The van der Waals surface area contributed by atoms with Gasteiger partial charge in [0.1, 0.15) is 22.8 Å². The van der Waals surface area contributed by atoms with Crippen molar-refractivity contribution in [2.45, 2.75) is 13.8 Å². The number of nitrogens with zero attached hydrogens (tertiary/aromatic N) is 3. The van der Waals surface area contributed by atoms with E-state index in [4.69, 9.17) is 48.4 Å². The Labute approximate surface area is 208 Å². The van der Waals surface area contributed by atoms with Crippen LogP contribution >= 0.6 is 43.4 Å². The van der Waals surface area contributed by atoms with Crippen molar-refractivity contribution in [1.29, 1.82) is 0 Å². The molecule has 0 aliphatic rings. The van der Waals surface area contributed by atoms with Crippen molar-refractivity contribution in [3.05, 3.63) is 102 Å². The van der Waals surface area contributed by atoms with Crippen molar-refractivity contribution in [3.63, 3.8) is 0 Å². The molecule has 0 amide bonds. The van der Waals surface area contributed by atoms with E-state index >= 15 is 0 Å². The minimum absolute atomic E-state index is 0.194. The number of pyridine rings is 1. The predicted molar refractivity (Wildman–Crippen MR) is 129 cm³/mol. The third-order valence-corrected chi connectivity index (χ3v) is 5.23. The molecular weight excluding hydrogens is 516 g/mol. The van der Waals surface area contributed by atoms with Crippen LogP contribution in [0.2, 0.25) is 10.0 Å². The first-order valence-electron chi connectivity index (χ1n) is 9.02. The van der Waals surface area contributed by atoms with Crippen LogP contribution in [0.1, 0.15) is 25.2 Å². The zero-order chi connectivity index (χ0) is 23.0. The zero-order valence-electron chi connectivity index (χ0n) is 17.0. The Morgan fingerprint density at radius 3 is 1.42 bits per heavy atom. The molecule has 2 aromatic carbocycles. The Morgan fingerprint density at radius 2 is 1.06 bits per heavy atom. The summed E-state index contributed by atoms with van der Waals surface area (Å²) in [6.07, 6.45) is 0. The summed E-state index contributed by atoms with van der Waals surface area (Å²) in [5, 5.41) is 1.27. The summed E-state index contributed by atoms with van der Waals surface area (Å²) in [5.41, 5.74) is 5.03. The van der Waals surface area contributed by atoms with E-state index in [2.05, 4.69) is 14.1 Å². The van der Waals surface area contributed by atoms with Gasteiger partial charge in [-0.2, -0.15) is 0 Å². The zero-order valence-corrected chi connectivity index (χ0v) is 21.1. The molecule has 31 heavy (non-hydrogen) atoms. The molecule has 0 fully saturated rings. The molecule has 0 aliphatic heterocycles. The van der Waals surface area contributed by atoms with Gasteiger partial charge in [-0.15, -0.1) is 0 Å². The predicted octanol–water partition coefficient (Wildman–Crippen LogP) is 7.65. The summed E-state index contributed by atoms with van der Waals surface area (Å²) in [5.74, 6) is 0. The number of benzene rings is 2. The number of hydrogen-bond acceptors (Lipinski definition) is 1. The molecule has 0 unspecified atom stereocenters. The van der Waals surface area contributed by atoms with Gasteiger partial charge in [0.25, 0.3) is 0 Å². The van der Waals surface area contributed by atoms with Gasteiger partial charge in [-0.25, -0.2) is 0 Å². The van der Waals surface area contributed by atoms with Crippen LogP contribution in [0.3, 0.4) is 0 Å². The molecule has 1 aromatic heterocycles. The maximum absolute atomic E-state index is 6.31. The van der Waals surface area contributed by atoms with E-state index in [1.54, 1.807) is 9.15 Å². The summed E-state index contributed by atoms with van der Waals surface area (Å²) in [7, 11) is 17.8. The average Bonchev–Trinajstić information content (AvgIpc) is 2.78. The van der Waals surface area contributed by atoms with Crippen LogP contribution in [0.5, 0.6) is 0 Å². The van der Waals surface area contributed by atoms with Gasteiger partial charge < -0.3 is 9.15 Å². The first kappa shape index (κ1) is 25.6. The van der Waals surface area contributed by atoms with Crippen molar-refractivity contribution in [1.82, 2.24) is 4.98 Å². The van der Waals surface area contributed by atoms with E-state index in [1.807, 2.05) is 80.6 Å². The second kappa shape index (κ2) is 12.4. The van der Waals surface area contributed by atoms with Gasteiger partial charge in [-0.1, -0.05) is 53.5 Å². The van der Waals surface area contributed by atoms with Gasteiger partial charge in [0.15, 0.2) is 0 Å². The third kappa shape index (κ3) is 6.66. The summed E-state index contributed by atoms with van der Waals surface area (Å²) in [6.45, 7) is 3.93. The number of aromatic nitrogens is 1. The van der Waals surface area contributed by atoms with Crippen molar-refractivity contribution in [2.75, 3.05) is 0 Å². The van der Waals surface area contributed by atoms with Crippen molar-refractivity contribution >= 4 is 66.2 Å². The molecule has 3 aromatic rings. The molecule has 3 rings (SSSR count). The van der Waals surface area contributed by atoms with Gasteiger partial charge in [-0.05, 0) is 50.2 Å². The van der Waals surface area contributed by atoms with Crippen LogP contribution in [0.4, 0.5) is 11.4 Å².